The number of pyridine rings is 1. The molecule has 0 aromatic carbocycles. The number of carbonyl (C=O) groups excluding carboxylic acids is 3. The highest BCUT2D eigenvalue weighted by molar-refractivity contribution is 7.13. The van der Waals surface area contributed by atoms with E-state index in [0.717, 1.165) is 30.1 Å². The number of amides is 2. The second kappa shape index (κ2) is 11.0. The van der Waals surface area contributed by atoms with Crippen LogP contribution in [0.4, 0.5) is 0 Å². The zero-order chi connectivity index (χ0) is 25.9. The molecule has 5 rings (SSSR count). The predicted molar refractivity (Wildman–Crippen MR) is 134 cm³/mol. The molecule has 13 heteroatoms. The Bertz CT molecular complexity index is 1280. The second-order valence-corrected chi connectivity index (χ2v) is 10.9. The van der Waals surface area contributed by atoms with E-state index in [1.165, 1.54) is 23.9 Å². The lowest BCUT2D eigenvalue weighted by atomic mass is 9.82. The molecule has 37 heavy (non-hydrogen) atoms. The Labute approximate surface area is 222 Å². The number of fused-ring (bicyclic) bond motifs is 1. The van der Waals surface area contributed by atoms with Gasteiger partial charge >= 0.3 is 0 Å². The number of Topliss-reactive ketones (excluding diaryl/α,β-unsaturated/α-hetero) is 1. The second-order valence-electron chi connectivity index (χ2n) is 9.39. The van der Waals surface area contributed by atoms with Crippen LogP contribution in [0.2, 0.25) is 5.02 Å². The maximum absolute atomic E-state index is 13.2. The van der Waals surface area contributed by atoms with E-state index in [2.05, 4.69) is 35.7 Å². The normalized spacial score (nSPS) is 21.7. The van der Waals surface area contributed by atoms with Crippen LogP contribution in [-0.2, 0) is 29.0 Å². The van der Waals surface area contributed by atoms with Crippen molar-refractivity contribution in [2.24, 2.45) is 0 Å². The maximum atomic E-state index is 13.2. The van der Waals surface area contributed by atoms with E-state index in [-0.39, 0.29) is 18.2 Å². The third-order valence-electron chi connectivity index (χ3n) is 6.71. The van der Waals surface area contributed by atoms with Crippen LogP contribution >= 0.6 is 22.9 Å². The van der Waals surface area contributed by atoms with Gasteiger partial charge in [-0.05, 0) is 38.4 Å². The average Bonchev–Trinajstić information content (AvgIpc) is 3.56. The van der Waals surface area contributed by atoms with Crippen molar-refractivity contribution >= 4 is 40.5 Å². The molecule has 11 nitrogen and oxygen atoms in total. The van der Waals surface area contributed by atoms with Crippen molar-refractivity contribution in [3.05, 3.63) is 56.9 Å². The van der Waals surface area contributed by atoms with Crippen LogP contribution in [0.1, 0.15) is 57.1 Å². The van der Waals surface area contributed by atoms with Crippen molar-refractivity contribution in [1.82, 2.24) is 35.7 Å². The van der Waals surface area contributed by atoms with Gasteiger partial charge in [-0.15, -0.1) is 21.5 Å². The SMILES string of the molecule is CN1CCc2nc(C(=O)N[C@@H]3C[C@@H](c4nnco4)CC[C@@H]3NC(=O)C(=O)Cc3ccc(Cl)cn3)sc2C1. The lowest BCUT2D eigenvalue weighted by Gasteiger charge is -2.35. The van der Waals surface area contributed by atoms with Crippen molar-refractivity contribution in [3.63, 3.8) is 0 Å². The molecule has 0 spiro atoms. The Hall–Kier alpha value is -3.22. The molecule has 4 heterocycles. The van der Waals surface area contributed by atoms with E-state index < -0.39 is 23.8 Å². The number of ketones is 1. The first-order valence-electron chi connectivity index (χ1n) is 12.0. The molecule has 0 radical (unpaired) electrons. The highest BCUT2D eigenvalue weighted by atomic mass is 35.5. The van der Waals surface area contributed by atoms with Crippen LogP contribution in [0.25, 0.3) is 0 Å². The predicted octanol–water partition coefficient (Wildman–Crippen LogP) is 1.93. The van der Waals surface area contributed by atoms with E-state index in [0.29, 0.717) is 40.9 Å². The number of nitrogens with zero attached hydrogens (tertiary/aromatic N) is 5. The molecule has 3 aromatic rings. The van der Waals surface area contributed by atoms with Gasteiger partial charge in [-0.2, -0.15) is 0 Å². The van der Waals surface area contributed by atoms with Gasteiger partial charge in [0.2, 0.25) is 18.1 Å². The quantitative estimate of drug-likeness (QED) is 0.427. The Balaban J connectivity index is 1.28. The molecule has 1 fully saturated rings. The molecular formula is C24H26ClN7O4S. The van der Waals surface area contributed by atoms with Crippen LogP contribution in [0.5, 0.6) is 0 Å². The van der Waals surface area contributed by atoms with Crippen LogP contribution in [0.15, 0.2) is 29.1 Å². The van der Waals surface area contributed by atoms with Crippen molar-refractivity contribution in [2.75, 3.05) is 13.6 Å². The zero-order valence-electron chi connectivity index (χ0n) is 20.1. The molecule has 194 valence electrons. The van der Waals surface area contributed by atoms with Gasteiger partial charge < -0.3 is 20.0 Å². The molecule has 3 aromatic heterocycles. The van der Waals surface area contributed by atoms with Gasteiger partial charge in [0.15, 0.2) is 5.01 Å². The minimum absolute atomic E-state index is 0.0759. The van der Waals surface area contributed by atoms with Gasteiger partial charge in [-0.3, -0.25) is 19.4 Å². The van der Waals surface area contributed by atoms with Crippen LogP contribution in [0.3, 0.4) is 0 Å². The topological polar surface area (TPSA) is 143 Å². The summed E-state index contributed by atoms with van der Waals surface area (Å²) in [5, 5.41) is 14.5. The number of halogens is 1. The summed E-state index contributed by atoms with van der Waals surface area (Å²) in [5.74, 6) is -1.22. The molecule has 0 bridgehead atoms. The van der Waals surface area contributed by atoms with E-state index in [4.69, 9.17) is 16.0 Å². The summed E-state index contributed by atoms with van der Waals surface area (Å²) in [6, 6.07) is 2.33. The molecule has 0 unspecified atom stereocenters. The molecule has 3 atom stereocenters. The summed E-state index contributed by atoms with van der Waals surface area (Å²) in [6.07, 6.45) is 5.02. The number of hydrogen-bond donors (Lipinski definition) is 2. The Kier molecular flexibility index (Phi) is 7.58. The first-order valence-corrected chi connectivity index (χ1v) is 13.2. The van der Waals surface area contributed by atoms with E-state index in [1.807, 2.05) is 7.05 Å². The number of hydrogen-bond acceptors (Lipinski definition) is 10. The first kappa shape index (κ1) is 25.4. The van der Waals surface area contributed by atoms with Crippen LogP contribution in [-0.4, -0.2) is 68.3 Å². The molecule has 2 N–H and O–H groups in total. The number of thiazole rings is 1. The van der Waals surface area contributed by atoms with Crippen LogP contribution < -0.4 is 10.6 Å². The molecule has 2 aliphatic rings. The minimum Gasteiger partial charge on any atom is -0.428 e. The van der Waals surface area contributed by atoms with Gasteiger partial charge in [-0.25, -0.2) is 4.98 Å². The summed E-state index contributed by atoms with van der Waals surface area (Å²) in [4.78, 5) is 50.5. The zero-order valence-corrected chi connectivity index (χ0v) is 21.7. The number of nitrogens with one attached hydrogen (secondary N) is 2. The highest BCUT2D eigenvalue weighted by Crippen LogP contribution is 2.33. The van der Waals surface area contributed by atoms with Gasteiger partial charge in [0, 0.05) is 48.2 Å². The van der Waals surface area contributed by atoms with Gasteiger partial charge in [0.05, 0.1) is 23.2 Å². The largest absolute Gasteiger partial charge is 0.428 e. The maximum Gasteiger partial charge on any atom is 0.288 e. The van der Waals surface area contributed by atoms with Gasteiger partial charge in [0.25, 0.3) is 11.8 Å². The standard InChI is InChI=1S/C24H26ClN7O4S/c1-32-7-6-17-20(11-32)37-24(30-17)22(35)29-18-8-13(23-31-27-12-36-23)2-5-16(18)28-21(34)19(33)9-15-4-3-14(25)10-26-15/h3-4,10,12-13,16,18H,2,5-9,11H2,1H3,(H,28,34)(H,29,35)/t13-,16-,18+/m0/s1. The lowest BCUT2D eigenvalue weighted by Crippen LogP contribution is -2.55. The number of aromatic nitrogens is 4. The smallest absolute Gasteiger partial charge is 0.288 e. The van der Waals surface area contributed by atoms with Crippen molar-refractivity contribution in [2.45, 2.75) is 56.7 Å². The summed E-state index contributed by atoms with van der Waals surface area (Å²) in [7, 11) is 2.04. The Morgan fingerprint density at radius 1 is 1.22 bits per heavy atom. The molecule has 1 aliphatic carbocycles. The highest BCUT2D eigenvalue weighted by Gasteiger charge is 2.37. The molecule has 2 amide bonds. The fraction of sp³-hybridized carbons (Fsp3) is 0.458. The van der Waals surface area contributed by atoms with Crippen LogP contribution in [0, 0.1) is 0 Å². The monoisotopic (exact) mass is 543 g/mol. The Morgan fingerprint density at radius 3 is 2.84 bits per heavy atom. The molecule has 1 saturated carbocycles. The third kappa shape index (κ3) is 6.03. The number of likely N-dealkylation sites (N-methyl/N-ethyl adjacent to an activating group) is 1. The fourth-order valence-electron chi connectivity index (χ4n) is 4.74. The number of carbonyl (C=O) groups is 3. The van der Waals surface area contributed by atoms with E-state index in [1.54, 1.807) is 12.1 Å². The van der Waals surface area contributed by atoms with Crippen molar-refractivity contribution in [1.29, 1.82) is 0 Å². The fourth-order valence-corrected chi connectivity index (χ4v) is 5.94. The van der Waals surface area contributed by atoms with Crippen molar-refractivity contribution in [3.8, 4) is 0 Å². The Morgan fingerprint density at radius 2 is 2.08 bits per heavy atom. The minimum atomic E-state index is -0.718. The van der Waals surface area contributed by atoms with E-state index in [9.17, 15) is 14.4 Å². The third-order valence-corrected chi connectivity index (χ3v) is 8.01. The van der Waals surface area contributed by atoms with Gasteiger partial charge in [-0.1, -0.05) is 11.6 Å². The summed E-state index contributed by atoms with van der Waals surface area (Å²) in [5.41, 5.74) is 1.42. The molecule has 1 aliphatic heterocycles. The average molecular weight is 544 g/mol. The van der Waals surface area contributed by atoms with Gasteiger partial charge in [0.1, 0.15) is 0 Å². The molecular weight excluding hydrogens is 518 g/mol. The van der Waals surface area contributed by atoms with E-state index >= 15 is 0 Å². The van der Waals surface area contributed by atoms with Crippen molar-refractivity contribution < 1.29 is 18.8 Å². The summed E-state index contributed by atoms with van der Waals surface area (Å²) >= 11 is 7.24. The lowest BCUT2D eigenvalue weighted by molar-refractivity contribution is -0.138. The molecule has 0 saturated heterocycles. The summed E-state index contributed by atoms with van der Waals surface area (Å²) in [6.45, 7) is 1.67. The first-order chi connectivity index (χ1) is 17.9. The summed E-state index contributed by atoms with van der Waals surface area (Å²) < 4.78 is 5.40. The number of rotatable bonds is 7.